The zero-order valence-electron chi connectivity index (χ0n) is 10.8. The van der Waals surface area contributed by atoms with Gasteiger partial charge in [0.25, 0.3) is 0 Å². The molecule has 4 heteroatoms. The molecule has 2 aromatic rings. The molecule has 3 rings (SSSR count). The fourth-order valence-electron chi connectivity index (χ4n) is 2.14. The molecule has 0 atom stereocenters. The van der Waals surface area contributed by atoms with E-state index in [9.17, 15) is 9.90 Å². The quantitative estimate of drug-likeness (QED) is 0.882. The Morgan fingerprint density at radius 3 is 2.84 bits per heavy atom. The molecule has 1 aliphatic carbocycles. The standard InChI is InChI=1S/C15H16N2O2/c1-15(6-7-15)9-16-13-8-11(14(18)19)10-4-2-3-5-12(10)17-13/h2-5,8H,6-7,9H2,1H3,(H,16,17)(H,18,19). The van der Waals surface area contributed by atoms with Gasteiger partial charge in [0.05, 0.1) is 11.1 Å². The summed E-state index contributed by atoms with van der Waals surface area (Å²) < 4.78 is 0. The minimum atomic E-state index is -0.917. The van der Waals surface area contributed by atoms with E-state index in [1.807, 2.05) is 18.2 Å². The van der Waals surface area contributed by atoms with Crippen molar-refractivity contribution in [3.8, 4) is 0 Å². The summed E-state index contributed by atoms with van der Waals surface area (Å²) in [7, 11) is 0. The third-order valence-electron chi connectivity index (χ3n) is 3.75. The molecule has 1 aromatic heterocycles. The second kappa shape index (κ2) is 4.23. The Morgan fingerprint density at radius 1 is 1.42 bits per heavy atom. The van der Waals surface area contributed by atoms with Gasteiger partial charge in [-0.15, -0.1) is 0 Å². The summed E-state index contributed by atoms with van der Waals surface area (Å²) in [6, 6.07) is 8.95. The first-order valence-corrected chi connectivity index (χ1v) is 6.44. The van der Waals surface area contributed by atoms with E-state index < -0.39 is 5.97 Å². The van der Waals surface area contributed by atoms with Crippen molar-refractivity contribution in [1.29, 1.82) is 0 Å². The van der Waals surface area contributed by atoms with Gasteiger partial charge in [-0.05, 0) is 30.4 Å². The Morgan fingerprint density at radius 2 is 2.16 bits per heavy atom. The van der Waals surface area contributed by atoms with Crippen LogP contribution in [0.2, 0.25) is 0 Å². The fraction of sp³-hybridized carbons (Fsp3) is 0.333. The van der Waals surface area contributed by atoms with Crippen molar-refractivity contribution in [2.45, 2.75) is 19.8 Å². The molecular formula is C15H16N2O2. The monoisotopic (exact) mass is 256 g/mol. The molecule has 19 heavy (non-hydrogen) atoms. The molecule has 1 aliphatic rings. The van der Waals surface area contributed by atoms with E-state index in [0.717, 1.165) is 6.54 Å². The summed E-state index contributed by atoms with van der Waals surface area (Å²) in [4.78, 5) is 15.8. The second-order valence-electron chi connectivity index (χ2n) is 5.54. The first-order chi connectivity index (χ1) is 9.07. The highest BCUT2D eigenvalue weighted by atomic mass is 16.4. The first-order valence-electron chi connectivity index (χ1n) is 6.44. The van der Waals surface area contributed by atoms with E-state index in [2.05, 4.69) is 17.2 Å². The molecule has 2 N–H and O–H groups in total. The van der Waals surface area contributed by atoms with Crippen LogP contribution < -0.4 is 5.32 Å². The smallest absolute Gasteiger partial charge is 0.336 e. The van der Waals surface area contributed by atoms with Crippen LogP contribution in [0.15, 0.2) is 30.3 Å². The molecule has 1 fully saturated rings. The van der Waals surface area contributed by atoms with Gasteiger partial charge in [-0.1, -0.05) is 25.1 Å². The number of nitrogens with one attached hydrogen (secondary N) is 1. The first kappa shape index (κ1) is 12.0. The normalized spacial score (nSPS) is 16.3. The zero-order valence-corrected chi connectivity index (χ0v) is 10.8. The number of aromatic carboxylic acids is 1. The lowest BCUT2D eigenvalue weighted by molar-refractivity contribution is 0.0699. The summed E-state index contributed by atoms with van der Waals surface area (Å²) in [6.45, 7) is 3.07. The van der Waals surface area contributed by atoms with E-state index >= 15 is 0 Å². The maximum atomic E-state index is 11.3. The number of aromatic nitrogens is 1. The third-order valence-corrected chi connectivity index (χ3v) is 3.75. The zero-order chi connectivity index (χ0) is 13.5. The van der Waals surface area contributed by atoms with E-state index in [0.29, 0.717) is 27.7 Å². The van der Waals surface area contributed by atoms with Crippen LogP contribution in [0.25, 0.3) is 10.9 Å². The van der Waals surface area contributed by atoms with Crippen LogP contribution in [-0.4, -0.2) is 22.6 Å². The molecule has 98 valence electrons. The van der Waals surface area contributed by atoms with Gasteiger partial charge in [-0.3, -0.25) is 0 Å². The average molecular weight is 256 g/mol. The number of rotatable bonds is 4. The number of benzene rings is 1. The lowest BCUT2D eigenvalue weighted by Gasteiger charge is -2.12. The Balaban J connectivity index is 1.98. The molecule has 0 amide bonds. The van der Waals surface area contributed by atoms with Gasteiger partial charge in [-0.2, -0.15) is 0 Å². The van der Waals surface area contributed by atoms with Crippen LogP contribution in [-0.2, 0) is 0 Å². The van der Waals surface area contributed by atoms with Crippen molar-refractivity contribution >= 4 is 22.7 Å². The second-order valence-corrected chi connectivity index (χ2v) is 5.54. The molecule has 0 saturated heterocycles. The molecular weight excluding hydrogens is 240 g/mol. The molecule has 0 radical (unpaired) electrons. The molecule has 1 saturated carbocycles. The number of hydrogen-bond donors (Lipinski definition) is 2. The topological polar surface area (TPSA) is 62.2 Å². The van der Waals surface area contributed by atoms with Crippen molar-refractivity contribution in [2.75, 3.05) is 11.9 Å². The molecule has 0 spiro atoms. The summed E-state index contributed by atoms with van der Waals surface area (Å²) in [6.07, 6.45) is 2.44. The molecule has 4 nitrogen and oxygen atoms in total. The number of hydrogen-bond acceptors (Lipinski definition) is 3. The molecule has 0 bridgehead atoms. The van der Waals surface area contributed by atoms with E-state index in [4.69, 9.17) is 0 Å². The average Bonchev–Trinajstić information content (AvgIpc) is 3.14. The highest BCUT2D eigenvalue weighted by molar-refractivity contribution is 6.03. The molecule has 0 aliphatic heterocycles. The van der Waals surface area contributed by atoms with Crippen molar-refractivity contribution in [1.82, 2.24) is 4.98 Å². The van der Waals surface area contributed by atoms with Crippen LogP contribution in [0.3, 0.4) is 0 Å². The Labute approximate surface area is 111 Å². The van der Waals surface area contributed by atoms with Crippen LogP contribution in [0.4, 0.5) is 5.82 Å². The van der Waals surface area contributed by atoms with Gasteiger partial charge >= 0.3 is 5.97 Å². The minimum Gasteiger partial charge on any atom is -0.478 e. The summed E-state index contributed by atoms with van der Waals surface area (Å²) in [5, 5.41) is 13.2. The summed E-state index contributed by atoms with van der Waals surface area (Å²) in [5.74, 6) is -0.275. The van der Waals surface area contributed by atoms with Gasteiger partial charge in [0.2, 0.25) is 0 Å². The van der Waals surface area contributed by atoms with E-state index in [1.165, 1.54) is 12.8 Å². The van der Waals surface area contributed by atoms with Gasteiger partial charge in [0.15, 0.2) is 0 Å². The number of carboxylic acid groups (broad SMARTS) is 1. The van der Waals surface area contributed by atoms with Crippen molar-refractivity contribution in [3.05, 3.63) is 35.9 Å². The Kier molecular flexibility index (Phi) is 2.66. The van der Waals surface area contributed by atoms with Crippen LogP contribution in [0.1, 0.15) is 30.1 Å². The van der Waals surface area contributed by atoms with Crippen molar-refractivity contribution < 1.29 is 9.90 Å². The summed E-state index contributed by atoms with van der Waals surface area (Å²) in [5.41, 5.74) is 1.37. The lowest BCUT2D eigenvalue weighted by atomic mass is 10.1. The van der Waals surface area contributed by atoms with Gasteiger partial charge < -0.3 is 10.4 Å². The maximum absolute atomic E-state index is 11.3. The number of nitrogens with zero attached hydrogens (tertiary/aromatic N) is 1. The predicted molar refractivity (Wildman–Crippen MR) is 74.5 cm³/mol. The van der Waals surface area contributed by atoms with Crippen LogP contribution in [0.5, 0.6) is 0 Å². The lowest BCUT2D eigenvalue weighted by Crippen LogP contribution is -2.13. The number of pyridine rings is 1. The van der Waals surface area contributed by atoms with Crippen molar-refractivity contribution in [2.24, 2.45) is 5.41 Å². The number of fused-ring (bicyclic) bond motifs is 1. The summed E-state index contributed by atoms with van der Waals surface area (Å²) >= 11 is 0. The van der Waals surface area contributed by atoms with Crippen LogP contribution >= 0.6 is 0 Å². The van der Waals surface area contributed by atoms with Crippen LogP contribution in [0, 0.1) is 5.41 Å². The Bertz CT molecular complexity index is 648. The highest BCUT2D eigenvalue weighted by Crippen LogP contribution is 2.44. The van der Waals surface area contributed by atoms with Gasteiger partial charge in [0, 0.05) is 11.9 Å². The molecule has 1 heterocycles. The number of para-hydroxylation sites is 1. The maximum Gasteiger partial charge on any atom is 0.336 e. The SMILES string of the molecule is CC1(CNc2cc(C(=O)O)c3ccccc3n2)CC1. The van der Waals surface area contributed by atoms with E-state index in [1.54, 1.807) is 12.1 Å². The predicted octanol–water partition coefficient (Wildman–Crippen LogP) is 3.15. The molecule has 0 unspecified atom stereocenters. The van der Waals surface area contributed by atoms with Gasteiger partial charge in [-0.25, -0.2) is 9.78 Å². The molecule has 1 aromatic carbocycles. The number of anilines is 1. The fourth-order valence-corrected chi connectivity index (χ4v) is 2.14. The largest absolute Gasteiger partial charge is 0.478 e. The van der Waals surface area contributed by atoms with Crippen molar-refractivity contribution in [3.63, 3.8) is 0 Å². The number of carbonyl (C=O) groups is 1. The highest BCUT2D eigenvalue weighted by Gasteiger charge is 2.36. The number of carboxylic acids is 1. The van der Waals surface area contributed by atoms with E-state index in [-0.39, 0.29) is 0 Å². The minimum absolute atomic E-state index is 0.300. The third kappa shape index (κ3) is 2.38. The Hall–Kier alpha value is -2.10. The van der Waals surface area contributed by atoms with Gasteiger partial charge in [0.1, 0.15) is 5.82 Å².